The number of imide groups is 1. The Bertz CT molecular complexity index is 456. The molecule has 0 unspecified atom stereocenters. The molecule has 108 valence electrons. The number of benzene rings is 1. The minimum atomic E-state index is -0.788. The van der Waals surface area contributed by atoms with Gasteiger partial charge in [0, 0.05) is 44.8 Å². The molecule has 20 heavy (non-hydrogen) atoms. The molecule has 0 spiro atoms. The van der Waals surface area contributed by atoms with Crippen molar-refractivity contribution in [3.8, 4) is 0 Å². The van der Waals surface area contributed by atoms with Crippen molar-refractivity contribution in [1.29, 1.82) is 0 Å². The lowest BCUT2D eigenvalue weighted by Crippen LogP contribution is -2.47. The first-order valence-corrected chi connectivity index (χ1v) is 6.77. The normalized spacial score (nSPS) is 15.9. The van der Waals surface area contributed by atoms with Gasteiger partial charge in [-0.05, 0) is 12.1 Å². The maximum absolute atomic E-state index is 11.3. The Kier molecular flexibility index (Phi) is 4.95. The number of nitrogens with zero attached hydrogens (tertiary/aromatic N) is 2. The van der Waals surface area contributed by atoms with Crippen molar-refractivity contribution in [2.75, 3.05) is 37.6 Å². The highest BCUT2D eigenvalue weighted by atomic mass is 16.2. The number of carbonyl (C=O) groups is 2. The summed E-state index contributed by atoms with van der Waals surface area (Å²) in [5, 5.41) is 2.08. The monoisotopic (exact) mass is 276 g/mol. The van der Waals surface area contributed by atoms with Crippen LogP contribution in [0.15, 0.2) is 30.3 Å². The van der Waals surface area contributed by atoms with Gasteiger partial charge in [0.1, 0.15) is 0 Å². The SMILES string of the molecule is NC(=O)NC(=O)CCN1CCN(c2ccccc2)CC1. The van der Waals surface area contributed by atoms with E-state index < -0.39 is 6.03 Å². The molecular formula is C14H20N4O2. The minimum Gasteiger partial charge on any atom is -0.369 e. The van der Waals surface area contributed by atoms with Gasteiger partial charge in [-0.1, -0.05) is 18.2 Å². The smallest absolute Gasteiger partial charge is 0.318 e. The molecule has 2 rings (SSSR count). The van der Waals surface area contributed by atoms with Gasteiger partial charge < -0.3 is 10.6 Å². The first-order valence-electron chi connectivity index (χ1n) is 6.77. The van der Waals surface area contributed by atoms with Crippen LogP contribution in [0.25, 0.3) is 0 Å². The summed E-state index contributed by atoms with van der Waals surface area (Å²) in [6, 6.07) is 9.51. The average molecular weight is 276 g/mol. The number of piperazine rings is 1. The van der Waals surface area contributed by atoms with E-state index in [0.29, 0.717) is 13.0 Å². The van der Waals surface area contributed by atoms with Crippen molar-refractivity contribution in [3.05, 3.63) is 30.3 Å². The van der Waals surface area contributed by atoms with Crippen molar-refractivity contribution in [1.82, 2.24) is 10.2 Å². The van der Waals surface area contributed by atoms with Crippen LogP contribution in [0.2, 0.25) is 0 Å². The zero-order valence-electron chi connectivity index (χ0n) is 11.4. The van der Waals surface area contributed by atoms with Crippen LogP contribution >= 0.6 is 0 Å². The molecule has 1 aromatic carbocycles. The van der Waals surface area contributed by atoms with E-state index in [0.717, 1.165) is 26.2 Å². The lowest BCUT2D eigenvalue weighted by atomic mass is 10.2. The summed E-state index contributed by atoms with van der Waals surface area (Å²) in [5.41, 5.74) is 6.13. The Morgan fingerprint density at radius 2 is 1.75 bits per heavy atom. The van der Waals surface area contributed by atoms with E-state index in [1.54, 1.807) is 0 Å². The lowest BCUT2D eigenvalue weighted by Gasteiger charge is -2.36. The number of para-hydroxylation sites is 1. The number of primary amides is 1. The third kappa shape index (κ3) is 4.24. The van der Waals surface area contributed by atoms with Crippen LogP contribution in [0.1, 0.15) is 6.42 Å². The number of rotatable bonds is 4. The Labute approximate surface area is 118 Å². The molecule has 0 bridgehead atoms. The fourth-order valence-corrected chi connectivity index (χ4v) is 2.33. The summed E-state index contributed by atoms with van der Waals surface area (Å²) < 4.78 is 0. The molecule has 6 nitrogen and oxygen atoms in total. The van der Waals surface area contributed by atoms with Gasteiger partial charge in [0.2, 0.25) is 5.91 Å². The first kappa shape index (κ1) is 14.3. The van der Waals surface area contributed by atoms with Crippen LogP contribution in [0.3, 0.4) is 0 Å². The predicted molar refractivity (Wildman–Crippen MR) is 77.4 cm³/mol. The van der Waals surface area contributed by atoms with Crippen LogP contribution < -0.4 is 16.0 Å². The molecule has 1 aromatic rings. The van der Waals surface area contributed by atoms with Gasteiger partial charge in [-0.25, -0.2) is 4.79 Å². The fraction of sp³-hybridized carbons (Fsp3) is 0.429. The molecule has 0 saturated carbocycles. The van der Waals surface area contributed by atoms with Gasteiger partial charge in [-0.3, -0.25) is 15.0 Å². The van der Waals surface area contributed by atoms with Gasteiger partial charge in [0.05, 0.1) is 0 Å². The van der Waals surface area contributed by atoms with Crippen LogP contribution in [0.4, 0.5) is 10.5 Å². The molecule has 0 aliphatic carbocycles. The summed E-state index contributed by atoms with van der Waals surface area (Å²) in [5.74, 6) is -0.317. The molecule has 0 radical (unpaired) electrons. The summed E-state index contributed by atoms with van der Waals surface area (Å²) in [6.07, 6.45) is 0.300. The molecule has 6 heteroatoms. The number of carbonyl (C=O) groups excluding carboxylic acids is 2. The molecule has 0 aromatic heterocycles. The van der Waals surface area contributed by atoms with E-state index in [1.807, 2.05) is 18.2 Å². The van der Waals surface area contributed by atoms with Crippen LogP contribution in [-0.2, 0) is 4.79 Å². The lowest BCUT2D eigenvalue weighted by molar-refractivity contribution is -0.120. The van der Waals surface area contributed by atoms with E-state index in [2.05, 4.69) is 27.2 Å². The number of urea groups is 1. The molecule has 3 N–H and O–H groups in total. The Morgan fingerprint density at radius 3 is 2.35 bits per heavy atom. The largest absolute Gasteiger partial charge is 0.369 e. The van der Waals surface area contributed by atoms with Crippen LogP contribution in [0, 0.1) is 0 Å². The van der Waals surface area contributed by atoms with Crippen molar-refractivity contribution in [2.45, 2.75) is 6.42 Å². The van der Waals surface area contributed by atoms with E-state index in [-0.39, 0.29) is 5.91 Å². The third-order valence-electron chi connectivity index (χ3n) is 3.41. The van der Waals surface area contributed by atoms with Crippen LogP contribution in [-0.4, -0.2) is 49.6 Å². The maximum atomic E-state index is 11.3. The number of hydrogen-bond donors (Lipinski definition) is 2. The molecule has 0 atom stereocenters. The molecule has 1 saturated heterocycles. The van der Waals surface area contributed by atoms with E-state index in [9.17, 15) is 9.59 Å². The molecular weight excluding hydrogens is 256 g/mol. The highest BCUT2D eigenvalue weighted by molar-refractivity contribution is 5.93. The number of amides is 3. The molecule has 3 amide bonds. The fourth-order valence-electron chi connectivity index (χ4n) is 2.33. The molecule has 1 aliphatic heterocycles. The van der Waals surface area contributed by atoms with Crippen LogP contribution in [0.5, 0.6) is 0 Å². The quantitative estimate of drug-likeness (QED) is 0.834. The average Bonchev–Trinajstić information content (AvgIpc) is 2.46. The van der Waals surface area contributed by atoms with E-state index in [4.69, 9.17) is 5.73 Å². The Hall–Kier alpha value is -2.08. The van der Waals surface area contributed by atoms with Crippen molar-refractivity contribution >= 4 is 17.6 Å². The van der Waals surface area contributed by atoms with Gasteiger partial charge in [0.15, 0.2) is 0 Å². The second-order valence-corrected chi connectivity index (χ2v) is 4.83. The minimum absolute atomic E-state index is 0.300. The molecule has 1 fully saturated rings. The number of hydrogen-bond acceptors (Lipinski definition) is 4. The molecule has 1 heterocycles. The topological polar surface area (TPSA) is 78.7 Å². The highest BCUT2D eigenvalue weighted by Crippen LogP contribution is 2.15. The van der Waals surface area contributed by atoms with Crippen molar-refractivity contribution in [3.63, 3.8) is 0 Å². The number of nitrogens with one attached hydrogen (secondary N) is 1. The zero-order chi connectivity index (χ0) is 14.4. The summed E-state index contributed by atoms with van der Waals surface area (Å²) in [4.78, 5) is 26.4. The van der Waals surface area contributed by atoms with E-state index >= 15 is 0 Å². The van der Waals surface area contributed by atoms with Gasteiger partial charge in [-0.15, -0.1) is 0 Å². The number of nitrogens with two attached hydrogens (primary N) is 1. The standard InChI is InChI=1S/C14H20N4O2/c15-14(20)16-13(19)6-7-17-8-10-18(11-9-17)12-4-2-1-3-5-12/h1-5H,6-11H2,(H3,15,16,19,20). The summed E-state index contributed by atoms with van der Waals surface area (Å²) in [6.45, 7) is 4.38. The molecule has 1 aliphatic rings. The second-order valence-electron chi connectivity index (χ2n) is 4.83. The van der Waals surface area contributed by atoms with Gasteiger partial charge in [-0.2, -0.15) is 0 Å². The van der Waals surface area contributed by atoms with Gasteiger partial charge >= 0.3 is 6.03 Å². The summed E-state index contributed by atoms with van der Waals surface area (Å²) >= 11 is 0. The number of anilines is 1. The van der Waals surface area contributed by atoms with Crippen molar-refractivity contribution in [2.24, 2.45) is 5.73 Å². The summed E-state index contributed by atoms with van der Waals surface area (Å²) in [7, 11) is 0. The predicted octanol–water partition coefficient (Wildman–Crippen LogP) is 0.394. The maximum Gasteiger partial charge on any atom is 0.318 e. The highest BCUT2D eigenvalue weighted by Gasteiger charge is 2.17. The van der Waals surface area contributed by atoms with Gasteiger partial charge in [0.25, 0.3) is 0 Å². The first-order chi connectivity index (χ1) is 9.65. The Morgan fingerprint density at radius 1 is 1.10 bits per heavy atom. The van der Waals surface area contributed by atoms with E-state index in [1.165, 1.54) is 5.69 Å². The van der Waals surface area contributed by atoms with Crippen molar-refractivity contribution < 1.29 is 9.59 Å². The second kappa shape index (κ2) is 6.91. The zero-order valence-corrected chi connectivity index (χ0v) is 11.4. The third-order valence-corrected chi connectivity index (χ3v) is 3.41. The Balaban J connectivity index is 1.72.